The first kappa shape index (κ1) is 10.4. The van der Waals surface area contributed by atoms with Crippen LogP contribution in [0.4, 0.5) is 0 Å². The SMILES string of the molecule is C=C(C)N=C/C=C(\C)c1cccnc1. The molecule has 72 valence electrons. The van der Waals surface area contributed by atoms with Gasteiger partial charge in [-0.1, -0.05) is 12.6 Å². The van der Waals surface area contributed by atoms with Crippen molar-refractivity contribution in [2.24, 2.45) is 4.99 Å². The van der Waals surface area contributed by atoms with E-state index in [-0.39, 0.29) is 0 Å². The fourth-order valence-corrected chi connectivity index (χ4v) is 0.969. The van der Waals surface area contributed by atoms with Crippen LogP contribution in [0.1, 0.15) is 19.4 Å². The Morgan fingerprint density at radius 1 is 1.50 bits per heavy atom. The molecular weight excluding hydrogens is 172 g/mol. The zero-order valence-electron chi connectivity index (χ0n) is 8.57. The van der Waals surface area contributed by atoms with E-state index in [0.717, 1.165) is 16.8 Å². The van der Waals surface area contributed by atoms with Gasteiger partial charge < -0.3 is 0 Å². The second-order valence-corrected chi connectivity index (χ2v) is 3.10. The molecule has 2 nitrogen and oxygen atoms in total. The minimum Gasteiger partial charge on any atom is -0.264 e. The molecule has 0 aliphatic heterocycles. The van der Waals surface area contributed by atoms with Crippen molar-refractivity contribution < 1.29 is 0 Å². The molecule has 0 bridgehead atoms. The van der Waals surface area contributed by atoms with Crippen molar-refractivity contribution in [3.63, 3.8) is 0 Å². The topological polar surface area (TPSA) is 25.2 Å². The molecule has 0 fully saturated rings. The molecule has 0 saturated heterocycles. The van der Waals surface area contributed by atoms with Crippen molar-refractivity contribution in [1.82, 2.24) is 4.98 Å². The van der Waals surface area contributed by atoms with Crippen LogP contribution in [0.5, 0.6) is 0 Å². The Balaban J connectivity index is 2.75. The normalized spacial score (nSPS) is 12.0. The fourth-order valence-electron chi connectivity index (χ4n) is 0.969. The lowest BCUT2D eigenvalue weighted by molar-refractivity contribution is 1.30. The summed E-state index contributed by atoms with van der Waals surface area (Å²) in [4.78, 5) is 8.12. The molecule has 1 aromatic rings. The molecule has 1 aromatic heterocycles. The summed E-state index contributed by atoms with van der Waals surface area (Å²) in [6.07, 6.45) is 7.30. The van der Waals surface area contributed by atoms with E-state index in [1.54, 1.807) is 12.4 Å². The van der Waals surface area contributed by atoms with Gasteiger partial charge in [-0.3, -0.25) is 9.98 Å². The lowest BCUT2D eigenvalue weighted by Gasteiger charge is -1.97. The van der Waals surface area contributed by atoms with E-state index in [2.05, 4.69) is 16.6 Å². The number of allylic oxidation sites excluding steroid dienone is 3. The van der Waals surface area contributed by atoms with Gasteiger partial charge in [0.2, 0.25) is 0 Å². The van der Waals surface area contributed by atoms with Crippen LogP contribution in [-0.4, -0.2) is 11.2 Å². The van der Waals surface area contributed by atoms with Gasteiger partial charge >= 0.3 is 0 Å². The number of nitrogens with zero attached hydrogens (tertiary/aromatic N) is 2. The monoisotopic (exact) mass is 186 g/mol. The molecule has 0 amide bonds. The predicted molar refractivity (Wildman–Crippen MR) is 61.2 cm³/mol. The highest BCUT2D eigenvalue weighted by atomic mass is 14.7. The summed E-state index contributed by atoms with van der Waals surface area (Å²) in [5.41, 5.74) is 3.06. The standard InChI is InChI=1S/C12H14N2/c1-10(2)14-8-6-11(3)12-5-4-7-13-9-12/h4-9H,1H2,2-3H3/b11-6+,14-8?. The molecule has 1 heterocycles. The minimum atomic E-state index is 0.806. The van der Waals surface area contributed by atoms with Gasteiger partial charge in [0.1, 0.15) is 0 Å². The van der Waals surface area contributed by atoms with Gasteiger partial charge in [-0.25, -0.2) is 0 Å². The largest absolute Gasteiger partial charge is 0.264 e. The van der Waals surface area contributed by atoms with E-state index < -0.39 is 0 Å². The Morgan fingerprint density at radius 2 is 2.29 bits per heavy atom. The third-order valence-electron chi connectivity index (χ3n) is 1.74. The zero-order chi connectivity index (χ0) is 10.4. The second-order valence-electron chi connectivity index (χ2n) is 3.10. The van der Waals surface area contributed by atoms with Crippen molar-refractivity contribution >= 4 is 11.8 Å². The van der Waals surface area contributed by atoms with Crippen molar-refractivity contribution in [2.75, 3.05) is 0 Å². The first-order valence-electron chi connectivity index (χ1n) is 4.47. The molecule has 1 rings (SSSR count). The van der Waals surface area contributed by atoms with E-state index in [1.165, 1.54) is 0 Å². The van der Waals surface area contributed by atoms with Crippen LogP contribution < -0.4 is 0 Å². The van der Waals surface area contributed by atoms with E-state index in [9.17, 15) is 0 Å². The van der Waals surface area contributed by atoms with Crippen LogP contribution in [0, 0.1) is 0 Å². The fraction of sp³-hybridized carbons (Fsp3) is 0.167. The Bertz CT molecular complexity index is 361. The minimum absolute atomic E-state index is 0.806. The number of hydrogen-bond donors (Lipinski definition) is 0. The lowest BCUT2D eigenvalue weighted by atomic mass is 10.1. The summed E-state index contributed by atoms with van der Waals surface area (Å²) in [6.45, 7) is 7.58. The average molecular weight is 186 g/mol. The predicted octanol–water partition coefficient (Wildman–Crippen LogP) is 3.09. The number of rotatable bonds is 3. The van der Waals surface area contributed by atoms with E-state index in [0.29, 0.717) is 0 Å². The third-order valence-corrected chi connectivity index (χ3v) is 1.74. The third kappa shape index (κ3) is 3.35. The lowest BCUT2D eigenvalue weighted by Crippen LogP contribution is -1.81. The smallest absolute Gasteiger partial charge is 0.0342 e. The van der Waals surface area contributed by atoms with Crippen LogP contribution in [0.2, 0.25) is 0 Å². The Kier molecular flexibility index (Phi) is 3.80. The maximum absolute atomic E-state index is 4.07. The molecule has 0 radical (unpaired) electrons. The molecule has 0 spiro atoms. The van der Waals surface area contributed by atoms with Crippen molar-refractivity contribution in [3.05, 3.63) is 48.4 Å². The van der Waals surface area contributed by atoms with Gasteiger partial charge in [-0.15, -0.1) is 0 Å². The van der Waals surface area contributed by atoms with E-state index in [4.69, 9.17) is 0 Å². The molecule has 0 atom stereocenters. The van der Waals surface area contributed by atoms with Gasteiger partial charge in [0, 0.05) is 24.3 Å². The van der Waals surface area contributed by atoms with Crippen molar-refractivity contribution in [1.29, 1.82) is 0 Å². The summed E-state index contributed by atoms with van der Waals surface area (Å²) in [5, 5.41) is 0. The Morgan fingerprint density at radius 3 is 2.86 bits per heavy atom. The van der Waals surface area contributed by atoms with Crippen LogP contribution in [0.25, 0.3) is 5.57 Å². The molecule has 0 aromatic carbocycles. The molecule has 0 N–H and O–H groups in total. The van der Waals surface area contributed by atoms with Gasteiger partial charge in [0.05, 0.1) is 0 Å². The van der Waals surface area contributed by atoms with Crippen LogP contribution in [-0.2, 0) is 0 Å². The maximum atomic E-state index is 4.07. The van der Waals surface area contributed by atoms with E-state index in [1.807, 2.05) is 38.3 Å². The molecule has 14 heavy (non-hydrogen) atoms. The van der Waals surface area contributed by atoms with Crippen LogP contribution >= 0.6 is 0 Å². The highest BCUT2D eigenvalue weighted by Crippen LogP contribution is 2.10. The van der Waals surface area contributed by atoms with E-state index >= 15 is 0 Å². The Hall–Kier alpha value is -1.70. The number of aliphatic imine (C=N–C) groups is 1. The van der Waals surface area contributed by atoms with Gasteiger partial charge in [-0.2, -0.15) is 0 Å². The summed E-state index contributed by atoms with van der Waals surface area (Å²) < 4.78 is 0. The molecule has 0 aliphatic rings. The van der Waals surface area contributed by atoms with Gasteiger partial charge in [0.25, 0.3) is 0 Å². The summed E-state index contributed by atoms with van der Waals surface area (Å²) >= 11 is 0. The van der Waals surface area contributed by atoms with Crippen LogP contribution in [0.15, 0.2) is 47.9 Å². The molecular formula is C12H14N2. The molecule has 0 saturated carbocycles. The number of pyridine rings is 1. The summed E-state index contributed by atoms with van der Waals surface area (Å²) in [5.74, 6) is 0. The number of aromatic nitrogens is 1. The first-order valence-corrected chi connectivity index (χ1v) is 4.47. The average Bonchev–Trinajstić information content (AvgIpc) is 2.18. The summed E-state index contributed by atoms with van der Waals surface area (Å²) in [7, 11) is 0. The van der Waals surface area contributed by atoms with Crippen molar-refractivity contribution in [3.8, 4) is 0 Å². The highest BCUT2D eigenvalue weighted by molar-refractivity contribution is 5.84. The molecule has 0 aliphatic carbocycles. The first-order chi connectivity index (χ1) is 6.70. The van der Waals surface area contributed by atoms with Crippen LogP contribution in [0.3, 0.4) is 0 Å². The van der Waals surface area contributed by atoms with Gasteiger partial charge in [0.15, 0.2) is 0 Å². The molecule has 2 heteroatoms. The summed E-state index contributed by atoms with van der Waals surface area (Å²) in [6, 6.07) is 3.94. The maximum Gasteiger partial charge on any atom is 0.0342 e. The highest BCUT2D eigenvalue weighted by Gasteiger charge is 1.91. The Labute approximate surface area is 84.7 Å². The number of hydrogen-bond acceptors (Lipinski definition) is 2. The quantitative estimate of drug-likeness (QED) is 0.666. The molecule has 0 unspecified atom stereocenters. The second kappa shape index (κ2) is 5.12. The zero-order valence-corrected chi connectivity index (χ0v) is 8.57. The van der Waals surface area contributed by atoms with Gasteiger partial charge in [-0.05, 0) is 37.1 Å². The van der Waals surface area contributed by atoms with Crippen molar-refractivity contribution in [2.45, 2.75) is 13.8 Å².